The third-order valence-electron chi connectivity index (χ3n) is 3.29. The maximum atomic E-state index is 6.23. The Bertz CT molecular complexity index is 805. The first-order chi connectivity index (χ1) is 10.2. The summed E-state index contributed by atoms with van der Waals surface area (Å²) in [5.41, 5.74) is 8.37. The van der Waals surface area contributed by atoms with Crippen molar-refractivity contribution < 1.29 is 4.74 Å². The van der Waals surface area contributed by atoms with Gasteiger partial charge in [-0.25, -0.2) is 0 Å². The lowest BCUT2D eigenvalue weighted by atomic mass is 10.1. The fourth-order valence-electron chi connectivity index (χ4n) is 2.19. The van der Waals surface area contributed by atoms with Crippen molar-refractivity contribution in [3.63, 3.8) is 0 Å². The summed E-state index contributed by atoms with van der Waals surface area (Å²) in [5, 5.41) is 5.84. The summed E-state index contributed by atoms with van der Waals surface area (Å²) in [6.07, 6.45) is 3.49. The largest absolute Gasteiger partial charge is 0.497 e. The molecule has 0 saturated heterocycles. The Balaban J connectivity index is 2.08. The molecule has 0 unspecified atom stereocenters. The lowest BCUT2D eigenvalue weighted by molar-refractivity contribution is 0.415. The Hall–Kier alpha value is -2.46. The van der Waals surface area contributed by atoms with E-state index < -0.39 is 0 Å². The van der Waals surface area contributed by atoms with Gasteiger partial charge in [0.25, 0.3) is 0 Å². The molecule has 3 aromatic rings. The van der Waals surface area contributed by atoms with Gasteiger partial charge in [0, 0.05) is 40.6 Å². The van der Waals surface area contributed by atoms with Crippen molar-refractivity contribution in [2.24, 2.45) is 0 Å². The van der Waals surface area contributed by atoms with E-state index in [1.807, 2.05) is 30.3 Å². The second-order valence-electron chi connectivity index (χ2n) is 4.59. The van der Waals surface area contributed by atoms with Gasteiger partial charge in [0.1, 0.15) is 5.75 Å². The molecule has 1 heterocycles. The number of benzene rings is 2. The number of rotatable bonds is 3. The zero-order chi connectivity index (χ0) is 14.8. The summed E-state index contributed by atoms with van der Waals surface area (Å²) >= 11 is 6.23. The number of nitrogens with two attached hydrogens (primary N) is 1. The first-order valence-electron chi connectivity index (χ1n) is 6.42. The van der Waals surface area contributed by atoms with Gasteiger partial charge in [-0.3, -0.25) is 4.98 Å². The molecule has 4 nitrogen and oxygen atoms in total. The highest BCUT2D eigenvalue weighted by Gasteiger charge is 2.07. The summed E-state index contributed by atoms with van der Waals surface area (Å²) in [6, 6.07) is 11.2. The lowest BCUT2D eigenvalue weighted by Crippen LogP contribution is -1.96. The second kappa shape index (κ2) is 5.50. The summed E-state index contributed by atoms with van der Waals surface area (Å²) < 4.78 is 5.23. The average Bonchev–Trinajstić information content (AvgIpc) is 2.52. The van der Waals surface area contributed by atoms with Crippen molar-refractivity contribution in [2.45, 2.75) is 0 Å². The maximum absolute atomic E-state index is 6.23. The number of halogens is 1. The number of nitrogen functional groups attached to an aromatic ring is 1. The van der Waals surface area contributed by atoms with Crippen LogP contribution < -0.4 is 15.8 Å². The van der Waals surface area contributed by atoms with Crippen molar-refractivity contribution in [1.29, 1.82) is 0 Å². The molecular formula is C16H14ClN3O. The molecule has 0 amide bonds. The fraction of sp³-hybridized carbons (Fsp3) is 0.0625. The molecule has 0 bridgehead atoms. The average molecular weight is 300 g/mol. The van der Waals surface area contributed by atoms with E-state index in [0.29, 0.717) is 10.7 Å². The number of anilines is 3. The van der Waals surface area contributed by atoms with E-state index in [1.165, 1.54) is 0 Å². The van der Waals surface area contributed by atoms with Crippen LogP contribution in [0.15, 0.2) is 48.8 Å². The molecule has 0 atom stereocenters. The zero-order valence-electron chi connectivity index (χ0n) is 11.4. The Labute approximate surface area is 127 Å². The minimum absolute atomic E-state index is 0.620. The topological polar surface area (TPSA) is 60.2 Å². The molecule has 0 aliphatic carbocycles. The first-order valence-corrected chi connectivity index (χ1v) is 6.79. The van der Waals surface area contributed by atoms with E-state index in [-0.39, 0.29) is 0 Å². The van der Waals surface area contributed by atoms with Crippen molar-refractivity contribution in [3.05, 3.63) is 53.8 Å². The minimum Gasteiger partial charge on any atom is -0.497 e. The maximum Gasteiger partial charge on any atom is 0.121 e. The van der Waals surface area contributed by atoms with Crippen LogP contribution >= 0.6 is 11.6 Å². The molecule has 3 rings (SSSR count). The molecule has 2 aromatic carbocycles. The van der Waals surface area contributed by atoms with Gasteiger partial charge in [-0.05, 0) is 30.3 Å². The van der Waals surface area contributed by atoms with Crippen LogP contribution in [0.25, 0.3) is 10.8 Å². The number of aromatic nitrogens is 1. The number of nitrogens with one attached hydrogen (secondary N) is 1. The molecule has 0 aliphatic rings. The highest BCUT2D eigenvalue weighted by atomic mass is 35.5. The van der Waals surface area contributed by atoms with Crippen LogP contribution in [-0.4, -0.2) is 12.1 Å². The number of fused-ring (bicyclic) bond motifs is 1. The van der Waals surface area contributed by atoms with Gasteiger partial charge in [0.15, 0.2) is 0 Å². The quantitative estimate of drug-likeness (QED) is 0.711. The van der Waals surface area contributed by atoms with Crippen LogP contribution in [0.1, 0.15) is 0 Å². The van der Waals surface area contributed by atoms with Gasteiger partial charge in [-0.2, -0.15) is 0 Å². The summed E-state index contributed by atoms with van der Waals surface area (Å²) in [4.78, 5) is 4.11. The predicted octanol–water partition coefficient (Wildman–Crippen LogP) is 4.22. The van der Waals surface area contributed by atoms with E-state index >= 15 is 0 Å². The molecular weight excluding hydrogens is 286 g/mol. The molecule has 0 radical (unpaired) electrons. The molecule has 21 heavy (non-hydrogen) atoms. The Morgan fingerprint density at radius 2 is 1.95 bits per heavy atom. The van der Waals surface area contributed by atoms with Crippen LogP contribution in [0.3, 0.4) is 0 Å². The predicted molar refractivity (Wildman–Crippen MR) is 87.4 cm³/mol. The lowest BCUT2D eigenvalue weighted by Gasteiger charge is -2.13. The molecule has 5 heteroatoms. The number of ether oxygens (including phenoxy) is 1. The highest BCUT2D eigenvalue weighted by Crippen LogP contribution is 2.33. The van der Waals surface area contributed by atoms with E-state index in [0.717, 1.165) is 27.9 Å². The van der Waals surface area contributed by atoms with Crippen LogP contribution in [0.5, 0.6) is 5.75 Å². The molecule has 3 N–H and O–H groups in total. The molecule has 0 fully saturated rings. The second-order valence-corrected chi connectivity index (χ2v) is 5.00. The van der Waals surface area contributed by atoms with Crippen LogP contribution in [0, 0.1) is 0 Å². The fourth-order valence-corrected chi connectivity index (χ4v) is 2.36. The summed E-state index contributed by atoms with van der Waals surface area (Å²) in [6.45, 7) is 0. The van der Waals surface area contributed by atoms with E-state index in [4.69, 9.17) is 22.1 Å². The van der Waals surface area contributed by atoms with Gasteiger partial charge in [-0.1, -0.05) is 11.6 Å². The van der Waals surface area contributed by atoms with Gasteiger partial charge in [0.2, 0.25) is 0 Å². The van der Waals surface area contributed by atoms with Crippen molar-refractivity contribution >= 4 is 39.4 Å². The number of methoxy groups -OCH3 is 1. The normalized spacial score (nSPS) is 10.6. The number of nitrogens with zero attached hydrogens (tertiary/aromatic N) is 1. The smallest absolute Gasteiger partial charge is 0.121 e. The molecule has 0 spiro atoms. The SMILES string of the molecule is COc1ccc(Cl)c(Nc2ccc(N)c3cnccc23)c1. The van der Waals surface area contributed by atoms with E-state index in [9.17, 15) is 0 Å². The van der Waals surface area contributed by atoms with E-state index in [2.05, 4.69) is 10.3 Å². The first kappa shape index (κ1) is 13.5. The Morgan fingerprint density at radius 3 is 2.76 bits per heavy atom. The minimum atomic E-state index is 0.620. The van der Waals surface area contributed by atoms with Gasteiger partial charge in [0.05, 0.1) is 17.8 Å². The summed E-state index contributed by atoms with van der Waals surface area (Å²) in [7, 11) is 1.62. The Kier molecular flexibility index (Phi) is 3.54. The van der Waals surface area contributed by atoms with Gasteiger partial charge < -0.3 is 15.8 Å². The molecule has 1 aromatic heterocycles. The molecule has 0 aliphatic heterocycles. The number of hydrogen-bond acceptors (Lipinski definition) is 4. The molecule has 106 valence electrons. The van der Waals surface area contributed by atoms with Crippen LogP contribution in [-0.2, 0) is 0 Å². The van der Waals surface area contributed by atoms with Crippen molar-refractivity contribution in [1.82, 2.24) is 4.98 Å². The van der Waals surface area contributed by atoms with Crippen LogP contribution in [0.4, 0.5) is 17.1 Å². The zero-order valence-corrected chi connectivity index (χ0v) is 12.2. The van der Waals surface area contributed by atoms with Crippen molar-refractivity contribution in [2.75, 3.05) is 18.2 Å². The molecule has 0 saturated carbocycles. The van der Waals surface area contributed by atoms with Gasteiger partial charge >= 0.3 is 0 Å². The number of hydrogen-bond donors (Lipinski definition) is 2. The third-order valence-corrected chi connectivity index (χ3v) is 3.62. The number of pyridine rings is 1. The van der Waals surface area contributed by atoms with Crippen LogP contribution in [0.2, 0.25) is 5.02 Å². The van der Waals surface area contributed by atoms with E-state index in [1.54, 1.807) is 25.6 Å². The van der Waals surface area contributed by atoms with Crippen molar-refractivity contribution in [3.8, 4) is 5.75 Å². The summed E-state index contributed by atoms with van der Waals surface area (Å²) in [5.74, 6) is 0.739. The third kappa shape index (κ3) is 2.58. The monoisotopic (exact) mass is 299 g/mol. The Morgan fingerprint density at radius 1 is 1.10 bits per heavy atom. The highest BCUT2D eigenvalue weighted by molar-refractivity contribution is 6.33. The standard InChI is InChI=1S/C16H14ClN3O/c1-21-10-2-3-13(17)16(8-10)20-15-5-4-14(18)12-9-19-7-6-11(12)15/h2-9,20H,18H2,1H3. The van der Waals surface area contributed by atoms with Gasteiger partial charge in [-0.15, -0.1) is 0 Å².